The first kappa shape index (κ1) is 18.1. The van der Waals surface area contributed by atoms with Gasteiger partial charge in [0.15, 0.2) is 0 Å². The van der Waals surface area contributed by atoms with E-state index in [2.05, 4.69) is 0 Å². The number of ether oxygens (including phenoxy) is 2. The monoisotopic (exact) mass is 334 g/mol. The Balaban J connectivity index is 1.83. The van der Waals surface area contributed by atoms with E-state index < -0.39 is 0 Å². The lowest BCUT2D eigenvalue weighted by Crippen LogP contribution is -2.37. The Hall–Kier alpha value is -2.24. The summed E-state index contributed by atoms with van der Waals surface area (Å²) < 4.78 is 10.2. The number of carbonyl (C=O) groups is 2. The normalized spacial score (nSPS) is 14.9. The molecule has 132 valence electrons. The van der Waals surface area contributed by atoms with Gasteiger partial charge in [-0.3, -0.25) is 4.79 Å². The Morgan fingerprint density at radius 3 is 2.62 bits per heavy atom. The van der Waals surface area contributed by atoms with Crippen LogP contribution in [0.4, 0.5) is 4.79 Å². The second-order valence-electron chi connectivity index (χ2n) is 5.77. The lowest BCUT2D eigenvalue weighted by Gasteiger charge is -2.21. The summed E-state index contributed by atoms with van der Waals surface area (Å²) in [5.74, 6) is 0.934. The molecule has 0 aromatic heterocycles. The number of rotatable bonds is 5. The van der Waals surface area contributed by atoms with Crippen molar-refractivity contribution >= 4 is 12.0 Å². The summed E-state index contributed by atoms with van der Waals surface area (Å²) >= 11 is 0. The van der Waals surface area contributed by atoms with E-state index >= 15 is 0 Å². The van der Waals surface area contributed by atoms with Gasteiger partial charge in [0.1, 0.15) is 5.75 Å². The number of hydrogen-bond acceptors (Lipinski definition) is 4. The summed E-state index contributed by atoms with van der Waals surface area (Å²) in [5, 5.41) is 0. The van der Waals surface area contributed by atoms with Crippen molar-refractivity contribution in [3.05, 3.63) is 29.8 Å². The smallest absolute Gasteiger partial charge is 0.409 e. The first-order valence-corrected chi connectivity index (χ1v) is 8.46. The molecule has 0 atom stereocenters. The summed E-state index contributed by atoms with van der Waals surface area (Å²) in [5.41, 5.74) is 1.09. The second kappa shape index (κ2) is 9.15. The van der Waals surface area contributed by atoms with E-state index in [0.29, 0.717) is 45.6 Å². The molecule has 1 fully saturated rings. The zero-order valence-electron chi connectivity index (χ0n) is 14.5. The largest absolute Gasteiger partial charge is 0.497 e. The average Bonchev–Trinajstić information content (AvgIpc) is 2.86. The van der Waals surface area contributed by atoms with Gasteiger partial charge in [-0.25, -0.2) is 4.79 Å². The van der Waals surface area contributed by atoms with Crippen LogP contribution in [0.2, 0.25) is 0 Å². The molecule has 2 amide bonds. The van der Waals surface area contributed by atoms with E-state index in [0.717, 1.165) is 17.7 Å². The third kappa shape index (κ3) is 5.15. The van der Waals surface area contributed by atoms with Crippen LogP contribution in [0.3, 0.4) is 0 Å². The van der Waals surface area contributed by atoms with Crippen LogP contribution in [0.25, 0.3) is 0 Å². The SMILES string of the molecule is CCOC(=O)N1CCCN(C(=O)CCc2cccc(OC)c2)CC1. The maximum absolute atomic E-state index is 12.4. The number of carbonyl (C=O) groups excluding carboxylic acids is 2. The molecular formula is C18H26N2O4. The molecule has 0 radical (unpaired) electrons. The minimum atomic E-state index is -0.289. The van der Waals surface area contributed by atoms with E-state index in [1.165, 1.54) is 0 Å². The van der Waals surface area contributed by atoms with Crippen LogP contribution < -0.4 is 4.74 Å². The van der Waals surface area contributed by atoms with Gasteiger partial charge in [-0.1, -0.05) is 12.1 Å². The lowest BCUT2D eigenvalue weighted by atomic mass is 10.1. The summed E-state index contributed by atoms with van der Waals surface area (Å²) in [6.45, 7) is 4.59. The van der Waals surface area contributed by atoms with Crippen molar-refractivity contribution in [2.75, 3.05) is 39.9 Å². The first-order chi connectivity index (χ1) is 11.6. The maximum atomic E-state index is 12.4. The van der Waals surface area contributed by atoms with E-state index in [1.807, 2.05) is 29.2 Å². The molecule has 1 aromatic carbocycles. The Morgan fingerprint density at radius 2 is 1.88 bits per heavy atom. The number of nitrogens with zero attached hydrogens (tertiary/aromatic N) is 2. The number of amides is 2. The minimum Gasteiger partial charge on any atom is -0.497 e. The standard InChI is InChI=1S/C18H26N2O4/c1-3-24-18(22)20-11-5-10-19(12-13-20)17(21)9-8-15-6-4-7-16(14-15)23-2/h4,6-7,14H,3,5,8-13H2,1-2H3. The van der Waals surface area contributed by atoms with Gasteiger partial charge in [0.25, 0.3) is 0 Å². The molecule has 24 heavy (non-hydrogen) atoms. The fraction of sp³-hybridized carbons (Fsp3) is 0.556. The Labute approximate surface area is 143 Å². The Bertz CT molecular complexity index is 562. The molecule has 6 heteroatoms. The number of methoxy groups -OCH3 is 1. The average molecular weight is 334 g/mol. The summed E-state index contributed by atoms with van der Waals surface area (Å²) in [7, 11) is 1.64. The van der Waals surface area contributed by atoms with Gasteiger partial charge in [0.05, 0.1) is 13.7 Å². The predicted molar refractivity (Wildman–Crippen MR) is 91.1 cm³/mol. The highest BCUT2D eigenvalue weighted by Crippen LogP contribution is 2.15. The maximum Gasteiger partial charge on any atom is 0.409 e. The van der Waals surface area contributed by atoms with Gasteiger partial charge in [-0.05, 0) is 37.5 Å². The number of aryl methyl sites for hydroxylation is 1. The van der Waals surface area contributed by atoms with Crippen LogP contribution in [0.15, 0.2) is 24.3 Å². The molecule has 0 aliphatic carbocycles. The summed E-state index contributed by atoms with van der Waals surface area (Å²) in [6, 6.07) is 7.78. The van der Waals surface area contributed by atoms with Gasteiger partial charge in [0.2, 0.25) is 5.91 Å². The van der Waals surface area contributed by atoms with Crippen LogP contribution >= 0.6 is 0 Å². The van der Waals surface area contributed by atoms with Crippen LogP contribution in [0, 0.1) is 0 Å². The van der Waals surface area contributed by atoms with E-state index in [-0.39, 0.29) is 12.0 Å². The highest BCUT2D eigenvalue weighted by Gasteiger charge is 2.22. The quantitative estimate of drug-likeness (QED) is 0.829. The molecule has 0 saturated carbocycles. The molecule has 0 N–H and O–H groups in total. The highest BCUT2D eigenvalue weighted by molar-refractivity contribution is 5.76. The molecule has 0 bridgehead atoms. The fourth-order valence-electron chi connectivity index (χ4n) is 2.80. The van der Waals surface area contributed by atoms with Gasteiger partial charge in [-0.2, -0.15) is 0 Å². The zero-order chi connectivity index (χ0) is 17.4. The summed E-state index contributed by atoms with van der Waals surface area (Å²) in [6.07, 6.45) is 1.65. The van der Waals surface area contributed by atoms with E-state index in [1.54, 1.807) is 18.9 Å². The highest BCUT2D eigenvalue weighted by atomic mass is 16.6. The van der Waals surface area contributed by atoms with Gasteiger partial charge in [0, 0.05) is 32.6 Å². The van der Waals surface area contributed by atoms with Crippen LogP contribution in [0.5, 0.6) is 5.75 Å². The van der Waals surface area contributed by atoms with Gasteiger partial charge in [-0.15, -0.1) is 0 Å². The molecule has 0 unspecified atom stereocenters. The predicted octanol–water partition coefficient (Wildman–Crippen LogP) is 2.32. The van der Waals surface area contributed by atoms with E-state index in [9.17, 15) is 9.59 Å². The lowest BCUT2D eigenvalue weighted by molar-refractivity contribution is -0.131. The van der Waals surface area contributed by atoms with Crippen molar-refractivity contribution in [1.82, 2.24) is 9.80 Å². The summed E-state index contributed by atoms with van der Waals surface area (Å²) in [4.78, 5) is 27.8. The van der Waals surface area contributed by atoms with Crippen LogP contribution in [0.1, 0.15) is 25.3 Å². The van der Waals surface area contributed by atoms with Crippen molar-refractivity contribution < 1.29 is 19.1 Å². The molecule has 0 spiro atoms. The Morgan fingerprint density at radius 1 is 1.12 bits per heavy atom. The third-order valence-electron chi connectivity index (χ3n) is 4.14. The van der Waals surface area contributed by atoms with Crippen molar-refractivity contribution in [3.63, 3.8) is 0 Å². The van der Waals surface area contributed by atoms with Crippen LogP contribution in [-0.2, 0) is 16.0 Å². The molecule has 1 aromatic rings. The molecule has 1 aliphatic rings. The van der Waals surface area contributed by atoms with Crippen molar-refractivity contribution in [3.8, 4) is 5.75 Å². The number of hydrogen-bond donors (Lipinski definition) is 0. The Kier molecular flexibility index (Phi) is 6.90. The molecule has 1 heterocycles. The van der Waals surface area contributed by atoms with Crippen LogP contribution in [-0.4, -0.2) is 61.7 Å². The molecule has 1 saturated heterocycles. The third-order valence-corrected chi connectivity index (χ3v) is 4.14. The van der Waals surface area contributed by atoms with Crippen molar-refractivity contribution in [1.29, 1.82) is 0 Å². The molecule has 1 aliphatic heterocycles. The molecule has 6 nitrogen and oxygen atoms in total. The topological polar surface area (TPSA) is 59.1 Å². The minimum absolute atomic E-state index is 0.128. The van der Waals surface area contributed by atoms with Gasteiger partial charge < -0.3 is 19.3 Å². The number of benzene rings is 1. The first-order valence-electron chi connectivity index (χ1n) is 8.46. The molecular weight excluding hydrogens is 308 g/mol. The van der Waals surface area contributed by atoms with Crippen molar-refractivity contribution in [2.45, 2.75) is 26.2 Å². The fourth-order valence-corrected chi connectivity index (χ4v) is 2.80. The molecule has 2 rings (SSSR count). The van der Waals surface area contributed by atoms with Gasteiger partial charge >= 0.3 is 6.09 Å². The van der Waals surface area contributed by atoms with E-state index in [4.69, 9.17) is 9.47 Å². The van der Waals surface area contributed by atoms with Crippen molar-refractivity contribution in [2.24, 2.45) is 0 Å². The second-order valence-corrected chi connectivity index (χ2v) is 5.77. The zero-order valence-corrected chi connectivity index (χ0v) is 14.5.